The predicted octanol–water partition coefficient (Wildman–Crippen LogP) is 1.94. The van der Waals surface area contributed by atoms with Crippen LogP contribution in [0, 0.1) is 27.2 Å². The Balaban J connectivity index is 2.60. The third-order valence-electron chi connectivity index (χ3n) is 3.05. The lowest BCUT2D eigenvalue weighted by atomic mass is 10.1. The lowest BCUT2D eigenvalue weighted by Crippen LogP contribution is -2.24. The first-order chi connectivity index (χ1) is 8.91. The normalized spacial score (nSPS) is 14.8. The van der Waals surface area contributed by atoms with E-state index in [1.165, 1.54) is 17.9 Å². The number of rotatable bonds is 3. The largest absolute Gasteiger partial charge is 0.306 e. The number of carbonyl (C=O) groups is 1. The van der Waals surface area contributed by atoms with Crippen molar-refractivity contribution >= 4 is 23.0 Å². The Morgan fingerprint density at radius 3 is 2.26 bits per heavy atom. The third kappa shape index (κ3) is 2.24. The van der Waals surface area contributed by atoms with Crippen molar-refractivity contribution in [3.05, 3.63) is 37.9 Å². The van der Waals surface area contributed by atoms with Gasteiger partial charge in [-0.3, -0.25) is 25.0 Å². The zero-order valence-electron chi connectivity index (χ0n) is 10.2. The number of hydrogen-bond acceptors (Lipinski definition) is 5. The van der Waals surface area contributed by atoms with Crippen molar-refractivity contribution in [2.75, 3.05) is 11.4 Å². The van der Waals surface area contributed by atoms with Gasteiger partial charge in [-0.15, -0.1) is 0 Å². The van der Waals surface area contributed by atoms with Crippen LogP contribution in [0.4, 0.5) is 17.1 Å². The van der Waals surface area contributed by atoms with E-state index in [1.54, 1.807) is 0 Å². The molecule has 0 atom stereocenters. The van der Waals surface area contributed by atoms with Gasteiger partial charge in [0.15, 0.2) is 0 Å². The van der Waals surface area contributed by atoms with Gasteiger partial charge in [0.25, 0.3) is 11.4 Å². The van der Waals surface area contributed by atoms with Crippen LogP contribution in [0.15, 0.2) is 12.1 Å². The van der Waals surface area contributed by atoms with Crippen molar-refractivity contribution in [3.8, 4) is 0 Å². The summed E-state index contributed by atoms with van der Waals surface area (Å²) in [4.78, 5) is 33.4. The Morgan fingerprint density at radius 2 is 1.79 bits per heavy atom. The summed E-state index contributed by atoms with van der Waals surface area (Å²) in [5, 5.41) is 21.8. The van der Waals surface area contributed by atoms with Crippen LogP contribution in [0.2, 0.25) is 0 Å². The second-order valence-electron chi connectivity index (χ2n) is 4.29. The van der Waals surface area contributed by atoms with Crippen LogP contribution in [0.5, 0.6) is 0 Å². The van der Waals surface area contributed by atoms with E-state index >= 15 is 0 Å². The average Bonchev–Trinajstić information content (AvgIpc) is 2.74. The van der Waals surface area contributed by atoms with Crippen molar-refractivity contribution in [2.45, 2.75) is 19.8 Å². The number of nitro benzene ring substituents is 2. The van der Waals surface area contributed by atoms with E-state index in [-0.39, 0.29) is 17.3 Å². The highest BCUT2D eigenvalue weighted by atomic mass is 16.6. The SMILES string of the molecule is Cc1cc(N2CCCC2=O)c([N+](=O)[O-])cc1[N+](=O)[O-]. The van der Waals surface area contributed by atoms with Crippen LogP contribution < -0.4 is 4.90 Å². The third-order valence-corrected chi connectivity index (χ3v) is 3.05. The molecule has 100 valence electrons. The molecule has 0 bridgehead atoms. The minimum atomic E-state index is -0.701. The Morgan fingerprint density at radius 1 is 1.16 bits per heavy atom. The maximum absolute atomic E-state index is 11.6. The van der Waals surface area contributed by atoms with Crippen LogP contribution in [0.25, 0.3) is 0 Å². The fourth-order valence-electron chi connectivity index (χ4n) is 2.13. The lowest BCUT2D eigenvalue weighted by Gasteiger charge is -2.16. The second kappa shape index (κ2) is 4.63. The molecular weight excluding hydrogens is 254 g/mol. The van der Waals surface area contributed by atoms with Gasteiger partial charge in [0.05, 0.1) is 15.9 Å². The maximum atomic E-state index is 11.6. The molecule has 1 aromatic carbocycles. The molecule has 1 amide bonds. The Labute approximate surface area is 107 Å². The van der Waals surface area contributed by atoms with E-state index in [4.69, 9.17) is 0 Å². The number of amides is 1. The zero-order chi connectivity index (χ0) is 14.2. The summed E-state index contributed by atoms with van der Waals surface area (Å²) in [6, 6.07) is 2.25. The van der Waals surface area contributed by atoms with Crippen LogP contribution in [0.1, 0.15) is 18.4 Å². The molecule has 0 aromatic heterocycles. The topological polar surface area (TPSA) is 107 Å². The highest BCUT2D eigenvalue weighted by Crippen LogP contribution is 2.36. The number of carbonyl (C=O) groups excluding carboxylic acids is 1. The van der Waals surface area contributed by atoms with E-state index in [9.17, 15) is 25.0 Å². The van der Waals surface area contributed by atoms with E-state index in [0.29, 0.717) is 24.9 Å². The van der Waals surface area contributed by atoms with Crippen molar-refractivity contribution in [3.63, 3.8) is 0 Å². The molecule has 0 aliphatic carbocycles. The van der Waals surface area contributed by atoms with E-state index in [0.717, 1.165) is 6.07 Å². The summed E-state index contributed by atoms with van der Waals surface area (Å²) in [5.74, 6) is -0.198. The molecule has 1 heterocycles. The monoisotopic (exact) mass is 265 g/mol. The van der Waals surface area contributed by atoms with Gasteiger partial charge in [0, 0.05) is 18.5 Å². The minimum Gasteiger partial charge on any atom is -0.306 e. The Hall–Kier alpha value is -2.51. The molecule has 1 aliphatic rings. The highest BCUT2D eigenvalue weighted by molar-refractivity contribution is 5.97. The fraction of sp³-hybridized carbons (Fsp3) is 0.364. The van der Waals surface area contributed by atoms with Crippen molar-refractivity contribution in [1.82, 2.24) is 0 Å². The number of nitro groups is 2. The van der Waals surface area contributed by atoms with Crippen LogP contribution in [-0.4, -0.2) is 22.3 Å². The zero-order valence-corrected chi connectivity index (χ0v) is 10.2. The smallest absolute Gasteiger partial charge is 0.299 e. The first kappa shape index (κ1) is 12.9. The number of benzene rings is 1. The van der Waals surface area contributed by atoms with E-state index < -0.39 is 15.5 Å². The summed E-state index contributed by atoms with van der Waals surface area (Å²) in [6.45, 7) is 1.89. The molecule has 0 saturated carbocycles. The number of aryl methyl sites for hydroxylation is 1. The van der Waals surface area contributed by atoms with Crippen LogP contribution >= 0.6 is 0 Å². The summed E-state index contributed by atoms with van der Waals surface area (Å²) in [5.41, 5.74) is -0.296. The fourth-order valence-corrected chi connectivity index (χ4v) is 2.13. The van der Waals surface area contributed by atoms with Gasteiger partial charge in [-0.25, -0.2) is 0 Å². The molecule has 0 N–H and O–H groups in total. The first-order valence-electron chi connectivity index (χ1n) is 5.65. The number of nitrogens with zero attached hydrogens (tertiary/aromatic N) is 3. The second-order valence-corrected chi connectivity index (χ2v) is 4.29. The quantitative estimate of drug-likeness (QED) is 0.613. The van der Waals surface area contributed by atoms with Crippen molar-refractivity contribution in [1.29, 1.82) is 0 Å². The predicted molar refractivity (Wildman–Crippen MR) is 66.1 cm³/mol. The molecule has 2 rings (SSSR count). The summed E-state index contributed by atoms with van der Waals surface area (Å²) < 4.78 is 0. The summed E-state index contributed by atoms with van der Waals surface area (Å²) >= 11 is 0. The number of hydrogen-bond donors (Lipinski definition) is 0. The van der Waals surface area contributed by atoms with Crippen LogP contribution in [0.3, 0.4) is 0 Å². The number of anilines is 1. The molecule has 0 unspecified atom stereocenters. The van der Waals surface area contributed by atoms with Gasteiger partial charge in [-0.2, -0.15) is 0 Å². The molecular formula is C11H11N3O5. The van der Waals surface area contributed by atoms with Gasteiger partial charge < -0.3 is 4.90 Å². The van der Waals surface area contributed by atoms with Gasteiger partial charge in [0.2, 0.25) is 5.91 Å². The molecule has 0 radical (unpaired) electrons. The molecule has 8 nitrogen and oxygen atoms in total. The maximum Gasteiger partial charge on any atom is 0.299 e. The van der Waals surface area contributed by atoms with Crippen molar-refractivity contribution in [2.24, 2.45) is 0 Å². The van der Waals surface area contributed by atoms with Crippen LogP contribution in [-0.2, 0) is 4.79 Å². The van der Waals surface area contributed by atoms with Gasteiger partial charge >= 0.3 is 0 Å². The Kier molecular flexibility index (Phi) is 3.16. The summed E-state index contributed by atoms with van der Waals surface area (Å²) in [6.07, 6.45) is 0.971. The van der Waals surface area contributed by atoms with Gasteiger partial charge in [-0.1, -0.05) is 0 Å². The molecule has 1 aromatic rings. The summed E-state index contributed by atoms with van der Waals surface area (Å²) in [7, 11) is 0. The molecule has 0 spiro atoms. The van der Waals surface area contributed by atoms with Gasteiger partial charge in [0.1, 0.15) is 5.69 Å². The lowest BCUT2D eigenvalue weighted by molar-refractivity contribution is -0.394. The van der Waals surface area contributed by atoms with Crippen molar-refractivity contribution < 1.29 is 14.6 Å². The molecule has 8 heteroatoms. The standard InChI is InChI=1S/C11H11N3O5/c1-7-5-9(12-4-2-3-11(12)15)10(14(18)19)6-8(7)13(16)17/h5-6H,2-4H2,1H3. The Bertz CT molecular complexity index is 584. The van der Waals surface area contributed by atoms with E-state index in [2.05, 4.69) is 0 Å². The first-order valence-corrected chi connectivity index (χ1v) is 5.65. The highest BCUT2D eigenvalue weighted by Gasteiger charge is 2.31. The molecule has 1 saturated heterocycles. The van der Waals surface area contributed by atoms with E-state index in [1.807, 2.05) is 0 Å². The van der Waals surface area contributed by atoms with Gasteiger partial charge in [-0.05, 0) is 19.4 Å². The molecule has 1 fully saturated rings. The molecule has 1 aliphatic heterocycles. The minimum absolute atomic E-state index is 0.135. The average molecular weight is 265 g/mol. The molecule has 19 heavy (non-hydrogen) atoms.